The Balaban J connectivity index is 2.13. The first kappa shape index (κ1) is 14.0. The van der Waals surface area contributed by atoms with E-state index in [1.54, 1.807) is 36.4 Å². The molecule has 20 heavy (non-hydrogen) atoms. The number of hydrogen-bond acceptors (Lipinski definition) is 3. The first-order chi connectivity index (χ1) is 9.58. The van der Waals surface area contributed by atoms with Gasteiger partial charge in [-0.25, -0.2) is 0 Å². The number of rotatable bonds is 5. The fourth-order valence-corrected chi connectivity index (χ4v) is 1.93. The minimum absolute atomic E-state index is 0.0963. The van der Waals surface area contributed by atoms with Crippen LogP contribution in [0.4, 0.5) is 5.69 Å². The summed E-state index contributed by atoms with van der Waals surface area (Å²) < 4.78 is 0. The number of anilines is 1. The van der Waals surface area contributed by atoms with E-state index < -0.39 is 0 Å². The van der Waals surface area contributed by atoms with Gasteiger partial charge in [-0.3, -0.25) is 9.59 Å². The molecule has 2 aromatic rings. The van der Waals surface area contributed by atoms with E-state index in [1.807, 2.05) is 37.2 Å². The molecule has 3 nitrogen and oxygen atoms in total. The van der Waals surface area contributed by atoms with Crippen molar-refractivity contribution in [2.24, 2.45) is 0 Å². The molecular formula is C17H17NO2. The van der Waals surface area contributed by atoms with Crippen LogP contribution in [0.5, 0.6) is 0 Å². The number of benzene rings is 2. The summed E-state index contributed by atoms with van der Waals surface area (Å²) in [4.78, 5) is 26.1. The molecule has 0 saturated carbocycles. The minimum atomic E-state index is -0.150. The van der Waals surface area contributed by atoms with Crippen molar-refractivity contribution in [3.05, 3.63) is 65.7 Å². The Morgan fingerprint density at radius 3 is 2.10 bits per heavy atom. The Bertz CT molecular complexity index is 618. The van der Waals surface area contributed by atoms with E-state index in [2.05, 4.69) is 0 Å². The Hall–Kier alpha value is -2.42. The summed E-state index contributed by atoms with van der Waals surface area (Å²) in [6.45, 7) is 0. The average Bonchev–Trinajstić information content (AvgIpc) is 2.48. The molecule has 0 amide bonds. The molecular weight excluding hydrogens is 250 g/mol. The standard InChI is InChI=1S/C17H17NO2/c1-18(2)15-10-6-9-14(11-15)17(20)12-16(19)13-7-4-3-5-8-13/h3-11H,12H2,1-2H3. The van der Waals surface area contributed by atoms with Gasteiger partial charge in [0.1, 0.15) is 0 Å². The van der Waals surface area contributed by atoms with Gasteiger partial charge in [-0.1, -0.05) is 42.5 Å². The second-order valence-corrected chi connectivity index (χ2v) is 4.83. The zero-order valence-corrected chi connectivity index (χ0v) is 11.7. The van der Waals surface area contributed by atoms with Crippen LogP contribution in [0.15, 0.2) is 54.6 Å². The first-order valence-electron chi connectivity index (χ1n) is 6.47. The van der Waals surface area contributed by atoms with Crippen molar-refractivity contribution in [3.8, 4) is 0 Å². The van der Waals surface area contributed by atoms with E-state index in [9.17, 15) is 9.59 Å². The van der Waals surface area contributed by atoms with Crippen molar-refractivity contribution in [3.63, 3.8) is 0 Å². The van der Waals surface area contributed by atoms with Crippen molar-refractivity contribution < 1.29 is 9.59 Å². The van der Waals surface area contributed by atoms with Gasteiger partial charge in [0.2, 0.25) is 0 Å². The lowest BCUT2D eigenvalue weighted by molar-refractivity contribution is 0.0894. The van der Waals surface area contributed by atoms with Crippen molar-refractivity contribution in [1.29, 1.82) is 0 Å². The SMILES string of the molecule is CN(C)c1cccc(C(=O)CC(=O)c2ccccc2)c1. The van der Waals surface area contributed by atoms with Crippen LogP contribution in [0.1, 0.15) is 27.1 Å². The summed E-state index contributed by atoms with van der Waals surface area (Å²) >= 11 is 0. The molecule has 2 rings (SSSR count). The molecule has 0 fully saturated rings. The first-order valence-corrected chi connectivity index (χ1v) is 6.47. The van der Waals surface area contributed by atoms with E-state index in [0.717, 1.165) is 5.69 Å². The van der Waals surface area contributed by atoms with Gasteiger partial charge in [0, 0.05) is 30.9 Å². The van der Waals surface area contributed by atoms with E-state index in [4.69, 9.17) is 0 Å². The maximum absolute atomic E-state index is 12.2. The molecule has 2 aromatic carbocycles. The van der Waals surface area contributed by atoms with Crippen LogP contribution in [-0.2, 0) is 0 Å². The van der Waals surface area contributed by atoms with Crippen LogP contribution < -0.4 is 4.90 Å². The molecule has 0 unspecified atom stereocenters. The van der Waals surface area contributed by atoms with Crippen molar-refractivity contribution in [2.75, 3.05) is 19.0 Å². The Morgan fingerprint density at radius 2 is 1.45 bits per heavy atom. The number of nitrogens with zero attached hydrogens (tertiary/aromatic N) is 1. The van der Waals surface area contributed by atoms with Crippen molar-refractivity contribution in [1.82, 2.24) is 0 Å². The average molecular weight is 267 g/mol. The zero-order chi connectivity index (χ0) is 14.5. The van der Waals surface area contributed by atoms with E-state index >= 15 is 0 Å². The van der Waals surface area contributed by atoms with Gasteiger partial charge in [-0.2, -0.15) is 0 Å². The summed E-state index contributed by atoms with van der Waals surface area (Å²) in [6.07, 6.45) is -0.0963. The Labute approximate surface area is 118 Å². The molecule has 0 radical (unpaired) electrons. The lowest BCUT2D eigenvalue weighted by atomic mass is 10.0. The molecule has 0 saturated heterocycles. The number of carbonyl (C=O) groups excluding carboxylic acids is 2. The van der Waals surface area contributed by atoms with Gasteiger partial charge >= 0.3 is 0 Å². The number of ketones is 2. The smallest absolute Gasteiger partial charge is 0.170 e. The summed E-state index contributed by atoms with van der Waals surface area (Å²) in [7, 11) is 3.83. The van der Waals surface area contributed by atoms with Gasteiger partial charge in [0.25, 0.3) is 0 Å². The van der Waals surface area contributed by atoms with Gasteiger partial charge < -0.3 is 4.90 Å². The van der Waals surface area contributed by atoms with Crippen LogP contribution in [0.2, 0.25) is 0 Å². The van der Waals surface area contributed by atoms with Gasteiger partial charge in [-0.05, 0) is 12.1 Å². The molecule has 0 aliphatic rings. The quantitative estimate of drug-likeness (QED) is 0.616. The molecule has 0 N–H and O–H groups in total. The molecule has 102 valence electrons. The fourth-order valence-electron chi connectivity index (χ4n) is 1.93. The van der Waals surface area contributed by atoms with Gasteiger partial charge in [0.05, 0.1) is 6.42 Å². The maximum Gasteiger partial charge on any atom is 0.170 e. The Morgan fingerprint density at radius 1 is 0.850 bits per heavy atom. The summed E-state index contributed by atoms with van der Waals surface area (Å²) in [6, 6.07) is 16.2. The number of carbonyl (C=O) groups is 2. The zero-order valence-electron chi connectivity index (χ0n) is 11.7. The summed E-state index contributed by atoms with van der Waals surface area (Å²) in [5.41, 5.74) is 2.09. The highest BCUT2D eigenvalue weighted by Crippen LogP contribution is 2.15. The molecule has 0 heterocycles. The van der Waals surface area contributed by atoms with E-state index in [-0.39, 0.29) is 18.0 Å². The molecule has 0 aliphatic heterocycles. The highest BCUT2D eigenvalue weighted by molar-refractivity contribution is 6.13. The van der Waals surface area contributed by atoms with E-state index in [0.29, 0.717) is 11.1 Å². The topological polar surface area (TPSA) is 37.4 Å². The maximum atomic E-state index is 12.2. The van der Waals surface area contributed by atoms with Crippen LogP contribution in [-0.4, -0.2) is 25.7 Å². The third kappa shape index (κ3) is 3.32. The van der Waals surface area contributed by atoms with Gasteiger partial charge in [-0.15, -0.1) is 0 Å². The van der Waals surface area contributed by atoms with Crippen LogP contribution >= 0.6 is 0 Å². The fraction of sp³-hybridized carbons (Fsp3) is 0.176. The normalized spacial score (nSPS) is 10.1. The summed E-state index contributed by atoms with van der Waals surface area (Å²) in [5.74, 6) is -0.298. The van der Waals surface area contributed by atoms with E-state index in [1.165, 1.54) is 0 Å². The second-order valence-electron chi connectivity index (χ2n) is 4.83. The third-order valence-corrected chi connectivity index (χ3v) is 3.10. The number of hydrogen-bond donors (Lipinski definition) is 0. The second kappa shape index (κ2) is 6.15. The molecule has 0 aliphatic carbocycles. The Kier molecular flexibility index (Phi) is 4.31. The molecule has 0 atom stereocenters. The van der Waals surface area contributed by atoms with Gasteiger partial charge in [0.15, 0.2) is 11.6 Å². The third-order valence-electron chi connectivity index (χ3n) is 3.10. The van der Waals surface area contributed by atoms with Crippen LogP contribution in [0.3, 0.4) is 0 Å². The monoisotopic (exact) mass is 267 g/mol. The molecule has 3 heteroatoms. The lowest BCUT2D eigenvalue weighted by Gasteiger charge is -2.13. The molecule has 0 spiro atoms. The van der Waals surface area contributed by atoms with Crippen molar-refractivity contribution in [2.45, 2.75) is 6.42 Å². The predicted molar refractivity (Wildman–Crippen MR) is 80.5 cm³/mol. The largest absolute Gasteiger partial charge is 0.378 e. The molecule has 0 aromatic heterocycles. The highest BCUT2D eigenvalue weighted by Gasteiger charge is 2.13. The predicted octanol–water partition coefficient (Wildman–Crippen LogP) is 3.21. The lowest BCUT2D eigenvalue weighted by Crippen LogP contribution is -2.11. The summed E-state index contributed by atoms with van der Waals surface area (Å²) in [5, 5.41) is 0. The highest BCUT2D eigenvalue weighted by atomic mass is 16.1. The van der Waals surface area contributed by atoms with Crippen LogP contribution in [0, 0.1) is 0 Å². The minimum Gasteiger partial charge on any atom is -0.378 e. The van der Waals surface area contributed by atoms with Crippen molar-refractivity contribution >= 4 is 17.3 Å². The van der Waals surface area contributed by atoms with Crippen LogP contribution in [0.25, 0.3) is 0 Å². The number of Topliss-reactive ketones (excluding diaryl/α,β-unsaturated/α-hetero) is 2. The molecule has 0 bridgehead atoms.